The third kappa shape index (κ3) is 3.68. The molecule has 0 aliphatic carbocycles. The molecule has 0 aromatic heterocycles. The van der Waals surface area contributed by atoms with Gasteiger partial charge in [-0.1, -0.05) is 12.1 Å². The lowest BCUT2D eigenvalue weighted by Gasteiger charge is -2.24. The van der Waals surface area contributed by atoms with Gasteiger partial charge < -0.3 is 25.0 Å². The Labute approximate surface area is 141 Å². The van der Waals surface area contributed by atoms with E-state index in [9.17, 15) is 9.59 Å². The van der Waals surface area contributed by atoms with E-state index in [1.807, 2.05) is 24.3 Å². The van der Waals surface area contributed by atoms with Crippen LogP contribution in [0.3, 0.4) is 0 Å². The van der Waals surface area contributed by atoms with Gasteiger partial charge in [0.1, 0.15) is 11.8 Å². The van der Waals surface area contributed by atoms with Crippen molar-refractivity contribution in [1.82, 2.24) is 10.6 Å². The number of morpholine rings is 1. The summed E-state index contributed by atoms with van der Waals surface area (Å²) in [6.45, 7) is 2.52. The number of anilines is 1. The fourth-order valence-corrected chi connectivity index (χ4v) is 3.13. The zero-order valence-electron chi connectivity index (χ0n) is 13.8. The number of nitrogens with one attached hydrogen (secondary N) is 2. The van der Waals surface area contributed by atoms with Crippen molar-refractivity contribution in [1.29, 1.82) is 0 Å². The molecule has 7 heteroatoms. The summed E-state index contributed by atoms with van der Waals surface area (Å²) in [5, 5.41) is 6.08. The average molecular weight is 333 g/mol. The highest BCUT2D eigenvalue weighted by Gasteiger charge is 2.35. The third-order valence-corrected chi connectivity index (χ3v) is 4.35. The number of ether oxygens (including phenoxy) is 2. The zero-order valence-corrected chi connectivity index (χ0v) is 13.8. The Kier molecular flexibility index (Phi) is 5.32. The molecule has 2 fully saturated rings. The number of carbonyl (C=O) groups is 2. The van der Waals surface area contributed by atoms with Gasteiger partial charge in [0.2, 0.25) is 11.8 Å². The highest BCUT2D eigenvalue weighted by molar-refractivity contribution is 6.02. The number of hydrogen-bond acceptors (Lipinski definition) is 5. The maximum atomic E-state index is 12.6. The molecular weight excluding hydrogens is 310 g/mol. The lowest BCUT2D eigenvalue weighted by atomic mass is 10.1. The third-order valence-electron chi connectivity index (χ3n) is 4.35. The predicted molar refractivity (Wildman–Crippen MR) is 89.1 cm³/mol. The van der Waals surface area contributed by atoms with Crippen LogP contribution in [0.5, 0.6) is 5.75 Å². The molecule has 2 saturated heterocycles. The molecule has 2 aliphatic heterocycles. The van der Waals surface area contributed by atoms with Gasteiger partial charge in [-0.15, -0.1) is 0 Å². The van der Waals surface area contributed by atoms with Gasteiger partial charge in [-0.25, -0.2) is 0 Å². The fourth-order valence-electron chi connectivity index (χ4n) is 3.13. The summed E-state index contributed by atoms with van der Waals surface area (Å²) in [7, 11) is 1.58. The fraction of sp³-hybridized carbons (Fsp3) is 0.529. The molecule has 2 atom stereocenters. The first-order valence-corrected chi connectivity index (χ1v) is 8.24. The van der Waals surface area contributed by atoms with Gasteiger partial charge >= 0.3 is 0 Å². The predicted octanol–water partition coefficient (Wildman–Crippen LogP) is 0.295. The van der Waals surface area contributed by atoms with Crippen LogP contribution < -0.4 is 20.3 Å². The van der Waals surface area contributed by atoms with E-state index in [4.69, 9.17) is 9.47 Å². The Morgan fingerprint density at radius 2 is 2.29 bits per heavy atom. The van der Waals surface area contributed by atoms with E-state index in [0.29, 0.717) is 38.3 Å². The minimum atomic E-state index is -0.480. The molecule has 0 bridgehead atoms. The van der Waals surface area contributed by atoms with Crippen molar-refractivity contribution >= 4 is 17.5 Å². The van der Waals surface area contributed by atoms with Crippen molar-refractivity contribution in [2.24, 2.45) is 0 Å². The SMILES string of the molecule is COc1ccccc1N1CCC(NC(=O)CC2COCCN2)C1=O. The quantitative estimate of drug-likeness (QED) is 0.810. The normalized spacial score (nSPS) is 24.0. The van der Waals surface area contributed by atoms with Gasteiger partial charge in [-0.05, 0) is 18.6 Å². The summed E-state index contributed by atoms with van der Waals surface area (Å²) in [4.78, 5) is 26.5. The molecular formula is C17H23N3O4. The number of nitrogens with zero attached hydrogens (tertiary/aromatic N) is 1. The molecule has 2 unspecified atom stereocenters. The van der Waals surface area contributed by atoms with Crippen molar-refractivity contribution in [2.75, 3.05) is 38.3 Å². The molecule has 0 spiro atoms. The van der Waals surface area contributed by atoms with Crippen LogP contribution >= 0.6 is 0 Å². The molecule has 3 rings (SSSR count). The Balaban J connectivity index is 1.58. The Morgan fingerprint density at radius 1 is 1.46 bits per heavy atom. The second-order valence-corrected chi connectivity index (χ2v) is 6.00. The van der Waals surface area contributed by atoms with E-state index in [1.54, 1.807) is 12.0 Å². The molecule has 0 radical (unpaired) electrons. The van der Waals surface area contributed by atoms with Crippen molar-refractivity contribution in [3.05, 3.63) is 24.3 Å². The van der Waals surface area contributed by atoms with Crippen molar-refractivity contribution in [3.63, 3.8) is 0 Å². The second kappa shape index (κ2) is 7.63. The van der Waals surface area contributed by atoms with E-state index < -0.39 is 6.04 Å². The topological polar surface area (TPSA) is 79.9 Å². The van der Waals surface area contributed by atoms with E-state index in [0.717, 1.165) is 12.2 Å². The highest BCUT2D eigenvalue weighted by Crippen LogP contribution is 2.31. The molecule has 7 nitrogen and oxygen atoms in total. The minimum Gasteiger partial charge on any atom is -0.495 e. The highest BCUT2D eigenvalue weighted by atomic mass is 16.5. The van der Waals surface area contributed by atoms with Crippen LogP contribution in [0.15, 0.2) is 24.3 Å². The van der Waals surface area contributed by atoms with Crippen LogP contribution in [0.4, 0.5) is 5.69 Å². The number of methoxy groups -OCH3 is 1. The summed E-state index contributed by atoms with van der Waals surface area (Å²) < 4.78 is 10.7. The lowest BCUT2D eigenvalue weighted by molar-refractivity contribution is -0.127. The average Bonchev–Trinajstić information content (AvgIpc) is 2.96. The second-order valence-electron chi connectivity index (χ2n) is 6.00. The largest absolute Gasteiger partial charge is 0.495 e. The molecule has 24 heavy (non-hydrogen) atoms. The molecule has 130 valence electrons. The van der Waals surface area contributed by atoms with Gasteiger partial charge in [0.15, 0.2) is 0 Å². The Morgan fingerprint density at radius 3 is 3.04 bits per heavy atom. The van der Waals surface area contributed by atoms with Gasteiger partial charge in [0.05, 0.1) is 26.0 Å². The first-order chi connectivity index (χ1) is 11.7. The van der Waals surface area contributed by atoms with E-state index in [-0.39, 0.29) is 17.9 Å². The van der Waals surface area contributed by atoms with E-state index in [1.165, 1.54) is 0 Å². The molecule has 0 saturated carbocycles. The van der Waals surface area contributed by atoms with E-state index >= 15 is 0 Å². The number of benzene rings is 1. The van der Waals surface area contributed by atoms with Crippen LogP contribution in [-0.4, -0.2) is 57.3 Å². The van der Waals surface area contributed by atoms with Crippen LogP contribution in [0.1, 0.15) is 12.8 Å². The first kappa shape index (κ1) is 16.7. The molecule has 1 aromatic carbocycles. The Bertz CT molecular complexity index is 601. The smallest absolute Gasteiger partial charge is 0.249 e. The number of para-hydroxylation sites is 2. The van der Waals surface area contributed by atoms with Crippen LogP contribution in [0.2, 0.25) is 0 Å². The summed E-state index contributed by atoms with van der Waals surface area (Å²) >= 11 is 0. The molecule has 2 heterocycles. The molecule has 2 aliphatic rings. The summed E-state index contributed by atoms with van der Waals surface area (Å²) in [6.07, 6.45) is 0.912. The molecule has 1 aromatic rings. The zero-order chi connectivity index (χ0) is 16.9. The van der Waals surface area contributed by atoms with E-state index in [2.05, 4.69) is 10.6 Å². The number of rotatable bonds is 5. The van der Waals surface area contributed by atoms with Crippen LogP contribution in [0, 0.1) is 0 Å². The van der Waals surface area contributed by atoms with Crippen molar-refractivity contribution in [2.45, 2.75) is 24.9 Å². The Hall–Kier alpha value is -2.12. The number of hydrogen-bond donors (Lipinski definition) is 2. The minimum absolute atomic E-state index is 0.0144. The van der Waals surface area contributed by atoms with Gasteiger partial charge in [-0.3, -0.25) is 9.59 Å². The standard InChI is InChI=1S/C17H23N3O4/c1-23-15-5-3-2-4-14(15)20-8-6-13(17(20)22)19-16(21)10-12-11-24-9-7-18-12/h2-5,12-13,18H,6-11H2,1H3,(H,19,21). The first-order valence-electron chi connectivity index (χ1n) is 8.24. The van der Waals surface area contributed by atoms with Gasteiger partial charge in [-0.2, -0.15) is 0 Å². The summed E-state index contributed by atoms with van der Waals surface area (Å²) in [5.74, 6) is 0.431. The summed E-state index contributed by atoms with van der Waals surface area (Å²) in [6, 6.07) is 6.94. The van der Waals surface area contributed by atoms with Gasteiger partial charge in [0.25, 0.3) is 0 Å². The lowest BCUT2D eigenvalue weighted by Crippen LogP contribution is -2.47. The van der Waals surface area contributed by atoms with Crippen molar-refractivity contribution in [3.8, 4) is 5.75 Å². The maximum absolute atomic E-state index is 12.6. The van der Waals surface area contributed by atoms with Crippen LogP contribution in [-0.2, 0) is 14.3 Å². The monoisotopic (exact) mass is 333 g/mol. The van der Waals surface area contributed by atoms with Crippen LogP contribution in [0.25, 0.3) is 0 Å². The number of amides is 2. The molecule has 2 N–H and O–H groups in total. The summed E-state index contributed by atoms with van der Waals surface area (Å²) in [5.41, 5.74) is 0.740. The number of carbonyl (C=O) groups excluding carboxylic acids is 2. The van der Waals surface area contributed by atoms with Crippen molar-refractivity contribution < 1.29 is 19.1 Å². The van der Waals surface area contributed by atoms with Gasteiger partial charge in [0, 0.05) is 25.6 Å². The molecule has 2 amide bonds. The maximum Gasteiger partial charge on any atom is 0.249 e.